The molecule has 110 valence electrons. The molecule has 22 heavy (non-hydrogen) atoms. The lowest BCUT2D eigenvalue weighted by Crippen LogP contribution is -2.03. The van der Waals surface area contributed by atoms with Crippen LogP contribution in [0.1, 0.15) is 21.7 Å². The van der Waals surface area contributed by atoms with E-state index in [1.807, 2.05) is 5.38 Å². The van der Waals surface area contributed by atoms with E-state index in [-0.39, 0.29) is 5.78 Å². The Bertz CT molecular complexity index is 827. The van der Waals surface area contributed by atoms with Gasteiger partial charge in [-0.05, 0) is 35.2 Å². The number of carbonyl (C=O) groups is 1. The second-order valence-electron chi connectivity index (χ2n) is 4.40. The van der Waals surface area contributed by atoms with Gasteiger partial charge in [-0.15, -0.1) is 0 Å². The van der Waals surface area contributed by atoms with Crippen molar-refractivity contribution >= 4 is 52.0 Å². The fourth-order valence-corrected chi connectivity index (χ4v) is 3.00. The maximum Gasteiger partial charge on any atom is 0.197 e. The normalized spacial score (nSPS) is 11.6. The van der Waals surface area contributed by atoms with Crippen molar-refractivity contribution in [1.29, 1.82) is 0 Å². The number of halogens is 2. The van der Waals surface area contributed by atoms with E-state index in [0.29, 0.717) is 32.6 Å². The predicted octanol–water partition coefficient (Wildman–Crippen LogP) is 4.60. The molecule has 0 aliphatic rings. The first-order valence-corrected chi connectivity index (χ1v) is 7.94. The third-order valence-corrected chi connectivity index (χ3v) is 4.21. The number of nitrogens with one attached hydrogen (secondary N) is 1. The summed E-state index contributed by atoms with van der Waals surface area (Å²) in [5.74, 6) is 0.242. The van der Waals surface area contributed by atoms with Gasteiger partial charge in [-0.25, -0.2) is 4.98 Å². The van der Waals surface area contributed by atoms with Crippen molar-refractivity contribution in [3.05, 3.63) is 68.3 Å². The van der Waals surface area contributed by atoms with Crippen LogP contribution >= 0.6 is 34.5 Å². The van der Waals surface area contributed by atoms with E-state index in [1.54, 1.807) is 35.7 Å². The number of hydrogen-bond donors (Lipinski definition) is 1. The maximum absolute atomic E-state index is 12.7. The number of aromatic nitrogens is 3. The van der Waals surface area contributed by atoms with Gasteiger partial charge in [-0.3, -0.25) is 9.89 Å². The molecule has 1 aromatic carbocycles. The highest BCUT2D eigenvalue weighted by Gasteiger charge is 2.18. The van der Waals surface area contributed by atoms with E-state index < -0.39 is 0 Å². The van der Waals surface area contributed by atoms with Crippen LogP contribution in [-0.4, -0.2) is 21.0 Å². The molecule has 1 N–H and O–H groups in total. The molecule has 0 fully saturated rings. The zero-order valence-electron chi connectivity index (χ0n) is 11.1. The van der Waals surface area contributed by atoms with Crippen LogP contribution in [0.25, 0.3) is 11.6 Å². The second-order valence-corrected chi connectivity index (χ2v) is 6.02. The zero-order chi connectivity index (χ0) is 15.5. The van der Waals surface area contributed by atoms with Gasteiger partial charge >= 0.3 is 0 Å². The Morgan fingerprint density at radius 3 is 2.77 bits per heavy atom. The van der Waals surface area contributed by atoms with Gasteiger partial charge in [-0.1, -0.05) is 29.3 Å². The average Bonchev–Trinajstić information content (AvgIpc) is 3.19. The summed E-state index contributed by atoms with van der Waals surface area (Å²) >= 11 is 13.5. The first kappa shape index (κ1) is 15.0. The van der Waals surface area contributed by atoms with Gasteiger partial charge in [0.2, 0.25) is 0 Å². The highest BCUT2D eigenvalue weighted by atomic mass is 35.5. The Morgan fingerprint density at radius 2 is 2.14 bits per heavy atom. The van der Waals surface area contributed by atoms with Crippen LogP contribution in [0.3, 0.4) is 0 Å². The maximum atomic E-state index is 12.7. The van der Waals surface area contributed by atoms with Gasteiger partial charge in [0.05, 0.1) is 5.57 Å². The monoisotopic (exact) mass is 349 g/mol. The fraction of sp³-hybridized carbons (Fsp3) is 0. The molecule has 7 heteroatoms. The quantitative estimate of drug-likeness (QED) is 0.553. The number of Topliss-reactive ketones (excluding diaryl/α,β-unsaturated/α-hetero) is 1. The number of rotatable bonds is 4. The minimum absolute atomic E-state index is 0.149. The molecule has 2 heterocycles. The van der Waals surface area contributed by atoms with Gasteiger partial charge in [0.15, 0.2) is 11.6 Å². The Kier molecular flexibility index (Phi) is 4.38. The number of aromatic amines is 1. The molecule has 0 amide bonds. The van der Waals surface area contributed by atoms with E-state index in [9.17, 15) is 4.79 Å². The second kappa shape index (κ2) is 6.44. The Balaban J connectivity index is 2.09. The molecular formula is C15H9Cl2N3OS. The molecule has 0 bridgehead atoms. The van der Waals surface area contributed by atoms with Crippen molar-refractivity contribution in [2.45, 2.75) is 0 Å². The lowest BCUT2D eigenvalue weighted by Gasteiger charge is -2.04. The van der Waals surface area contributed by atoms with Gasteiger partial charge in [0.25, 0.3) is 0 Å². The number of H-pyrrole nitrogens is 1. The number of ketones is 1. The van der Waals surface area contributed by atoms with Crippen LogP contribution in [0.15, 0.2) is 41.4 Å². The molecule has 0 aliphatic carbocycles. The average molecular weight is 350 g/mol. The minimum atomic E-state index is -0.149. The van der Waals surface area contributed by atoms with E-state index in [1.165, 1.54) is 17.7 Å². The van der Waals surface area contributed by atoms with Gasteiger partial charge in [0, 0.05) is 21.0 Å². The minimum Gasteiger partial charge on any atom is -0.288 e. The molecule has 4 nitrogen and oxygen atoms in total. The molecule has 0 spiro atoms. The summed E-state index contributed by atoms with van der Waals surface area (Å²) in [6.07, 6.45) is 3.03. The molecule has 0 unspecified atom stereocenters. The lowest BCUT2D eigenvalue weighted by molar-refractivity contribution is 0.105. The van der Waals surface area contributed by atoms with E-state index in [2.05, 4.69) is 15.2 Å². The van der Waals surface area contributed by atoms with E-state index in [0.717, 1.165) is 0 Å². The molecule has 3 rings (SSSR count). The van der Waals surface area contributed by atoms with Crippen molar-refractivity contribution in [2.75, 3.05) is 0 Å². The number of benzene rings is 1. The van der Waals surface area contributed by atoms with Crippen LogP contribution in [-0.2, 0) is 0 Å². The molecule has 0 saturated carbocycles. The fourth-order valence-electron chi connectivity index (χ4n) is 1.90. The number of thiophene rings is 1. The van der Waals surface area contributed by atoms with Gasteiger partial charge in [-0.2, -0.15) is 16.4 Å². The number of allylic oxidation sites excluding steroid dienone is 1. The van der Waals surface area contributed by atoms with Crippen LogP contribution in [0, 0.1) is 0 Å². The van der Waals surface area contributed by atoms with Crippen molar-refractivity contribution in [2.24, 2.45) is 0 Å². The predicted molar refractivity (Wildman–Crippen MR) is 89.4 cm³/mol. The molecular weight excluding hydrogens is 341 g/mol. The molecule has 0 radical (unpaired) electrons. The summed E-state index contributed by atoms with van der Waals surface area (Å²) < 4.78 is 0. The van der Waals surface area contributed by atoms with Gasteiger partial charge < -0.3 is 0 Å². The van der Waals surface area contributed by atoms with Crippen LogP contribution in [0.5, 0.6) is 0 Å². The summed E-state index contributed by atoms with van der Waals surface area (Å²) in [7, 11) is 0. The lowest BCUT2D eigenvalue weighted by atomic mass is 10.0. The third kappa shape index (κ3) is 3.11. The van der Waals surface area contributed by atoms with E-state index in [4.69, 9.17) is 23.2 Å². The zero-order valence-corrected chi connectivity index (χ0v) is 13.4. The Hall–Kier alpha value is -1.95. The van der Waals surface area contributed by atoms with Crippen LogP contribution in [0.2, 0.25) is 10.0 Å². The largest absolute Gasteiger partial charge is 0.288 e. The molecule has 3 aromatic rings. The molecule has 0 atom stereocenters. The number of carbonyl (C=O) groups excluding carboxylic acids is 1. The van der Waals surface area contributed by atoms with Crippen molar-refractivity contribution in [1.82, 2.24) is 15.2 Å². The summed E-state index contributed by atoms with van der Waals surface area (Å²) in [5, 5.41) is 11.2. The van der Waals surface area contributed by atoms with Crippen molar-refractivity contribution < 1.29 is 4.79 Å². The summed E-state index contributed by atoms with van der Waals surface area (Å²) in [6.45, 7) is 0. The third-order valence-electron chi connectivity index (χ3n) is 2.96. The SMILES string of the molecule is O=C(C(=Cc1ccc(Cl)cc1Cl)c1ncn[nH]1)c1ccsc1. The number of hydrogen-bond acceptors (Lipinski definition) is 4. The highest BCUT2D eigenvalue weighted by Crippen LogP contribution is 2.27. The van der Waals surface area contributed by atoms with Crippen LogP contribution in [0.4, 0.5) is 0 Å². The van der Waals surface area contributed by atoms with Crippen molar-refractivity contribution in [3.63, 3.8) is 0 Å². The van der Waals surface area contributed by atoms with E-state index >= 15 is 0 Å². The molecule has 0 aliphatic heterocycles. The Labute approximate surface area is 140 Å². The van der Waals surface area contributed by atoms with Crippen LogP contribution < -0.4 is 0 Å². The summed E-state index contributed by atoms with van der Waals surface area (Å²) in [6, 6.07) is 6.86. The smallest absolute Gasteiger partial charge is 0.197 e. The molecule has 0 saturated heterocycles. The van der Waals surface area contributed by atoms with Crippen molar-refractivity contribution in [3.8, 4) is 0 Å². The standard InChI is InChI=1S/C15H9Cl2N3OS/c16-11-2-1-9(13(17)6-11)5-12(15-18-8-19-20-15)14(21)10-3-4-22-7-10/h1-8H,(H,18,19,20). The molecule has 2 aromatic heterocycles. The summed E-state index contributed by atoms with van der Waals surface area (Å²) in [4.78, 5) is 16.7. The van der Waals surface area contributed by atoms with Gasteiger partial charge in [0.1, 0.15) is 6.33 Å². The first-order valence-electron chi connectivity index (χ1n) is 6.24. The number of nitrogens with zero attached hydrogens (tertiary/aromatic N) is 2. The Morgan fingerprint density at radius 1 is 1.27 bits per heavy atom. The first-order chi connectivity index (χ1) is 10.6. The topological polar surface area (TPSA) is 58.6 Å². The summed E-state index contributed by atoms with van der Waals surface area (Å²) in [5.41, 5.74) is 1.67. The highest BCUT2D eigenvalue weighted by molar-refractivity contribution is 7.08.